The van der Waals surface area contributed by atoms with Gasteiger partial charge in [0, 0.05) is 49.7 Å². The highest BCUT2D eigenvalue weighted by Crippen LogP contribution is 2.23. The summed E-state index contributed by atoms with van der Waals surface area (Å²) in [4.78, 5) is 74.0. The molecule has 12 nitrogen and oxygen atoms in total. The summed E-state index contributed by atoms with van der Waals surface area (Å²) in [5.74, 6) is -2.92. The number of hydrogen-bond donors (Lipinski definition) is 5. The van der Waals surface area contributed by atoms with Crippen LogP contribution < -0.4 is 32.3 Å². The van der Waals surface area contributed by atoms with E-state index in [1.54, 1.807) is 26.0 Å². The minimum absolute atomic E-state index is 0.0832. The number of urea groups is 1. The zero-order valence-electron chi connectivity index (χ0n) is 21.0. The van der Waals surface area contributed by atoms with Gasteiger partial charge in [-0.3, -0.25) is 24.0 Å². The van der Waals surface area contributed by atoms with E-state index in [2.05, 4.69) is 16.0 Å². The Bertz CT molecular complexity index is 1030. The molecule has 12 heteroatoms. The van der Waals surface area contributed by atoms with Gasteiger partial charge in [-0.15, -0.1) is 0 Å². The van der Waals surface area contributed by atoms with Crippen LogP contribution in [0.15, 0.2) is 36.4 Å². The molecule has 0 saturated heterocycles. The quantitative estimate of drug-likeness (QED) is 0.177. The maximum absolute atomic E-state index is 13.1. The monoisotopic (exact) mass is 514 g/mol. The van der Waals surface area contributed by atoms with Gasteiger partial charge in [0.05, 0.1) is 11.7 Å². The Kier molecular flexibility index (Phi) is 10.9. The Morgan fingerprint density at radius 1 is 1.00 bits per heavy atom. The van der Waals surface area contributed by atoms with Crippen molar-refractivity contribution in [1.82, 2.24) is 10.6 Å². The summed E-state index contributed by atoms with van der Waals surface area (Å²) in [7, 11) is 0. The van der Waals surface area contributed by atoms with Crippen LogP contribution in [0.25, 0.3) is 0 Å². The molecule has 2 rings (SSSR count). The number of imide groups is 1. The molecule has 7 N–H and O–H groups in total. The third kappa shape index (κ3) is 8.83. The summed E-state index contributed by atoms with van der Waals surface area (Å²) in [6, 6.07) is 4.67. The number of carbonyl (C=O) groups is 6. The first-order chi connectivity index (χ1) is 17.5. The average molecular weight is 515 g/mol. The molecule has 0 aliphatic carbocycles. The number of amides is 6. The molecule has 1 aromatic rings. The van der Waals surface area contributed by atoms with Crippen LogP contribution in [0.3, 0.4) is 0 Å². The van der Waals surface area contributed by atoms with Crippen molar-refractivity contribution >= 4 is 46.8 Å². The molecular weight excluding hydrogens is 480 g/mol. The maximum atomic E-state index is 13.1. The molecule has 0 bridgehead atoms. The molecule has 0 saturated carbocycles. The molecule has 0 unspecified atom stereocenters. The first-order valence-corrected chi connectivity index (χ1v) is 12.1. The van der Waals surface area contributed by atoms with Crippen molar-refractivity contribution in [3.05, 3.63) is 36.4 Å². The summed E-state index contributed by atoms with van der Waals surface area (Å²) in [5.41, 5.74) is 11.3. The highest BCUT2D eigenvalue weighted by atomic mass is 16.2. The lowest BCUT2D eigenvalue weighted by Crippen LogP contribution is -2.46. The van der Waals surface area contributed by atoms with Gasteiger partial charge in [-0.25, -0.2) is 9.69 Å². The molecule has 0 spiro atoms. The van der Waals surface area contributed by atoms with E-state index >= 15 is 0 Å². The molecule has 2 atom stereocenters. The van der Waals surface area contributed by atoms with E-state index in [1.807, 2.05) is 0 Å². The van der Waals surface area contributed by atoms with Crippen LogP contribution in [-0.4, -0.2) is 54.6 Å². The van der Waals surface area contributed by atoms with Crippen molar-refractivity contribution in [2.75, 3.05) is 23.3 Å². The fraction of sp³-hybridized carbons (Fsp3) is 0.440. The summed E-state index contributed by atoms with van der Waals surface area (Å²) < 4.78 is 0. The van der Waals surface area contributed by atoms with Gasteiger partial charge in [-0.05, 0) is 43.0 Å². The van der Waals surface area contributed by atoms with Crippen molar-refractivity contribution in [1.29, 1.82) is 0 Å². The van der Waals surface area contributed by atoms with Gasteiger partial charge >= 0.3 is 6.03 Å². The number of hydrogen-bond acceptors (Lipinski definition) is 7. The second-order valence-electron chi connectivity index (χ2n) is 9.01. The van der Waals surface area contributed by atoms with Crippen LogP contribution in [0.2, 0.25) is 0 Å². The third-order valence-electron chi connectivity index (χ3n) is 5.75. The van der Waals surface area contributed by atoms with E-state index in [1.165, 1.54) is 24.3 Å². The average Bonchev–Trinajstić information content (AvgIpc) is 3.17. The maximum Gasteiger partial charge on any atom is 0.312 e. The number of Topliss-reactive ketones (excluding diaryl/α,β-unsaturated/α-hetero) is 1. The standard InChI is InChI=1S/C25H34N6O6/c1-15(2)23(30-20(33)11-12-26)19(32)14-16(4-3-13-28-25(27)37)24(36)29-17-5-7-18(8-6-17)31-21(34)9-10-22(31)35/h5-10,15-16,23H,3-4,11-14,26H2,1-2H3,(H,29,36)(H,30,33)(H3,27,28,37)/t16-,23+/m1/s1. The van der Waals surface area contributed by atoms with E-state index in [9.17, 15) is 28.8 Å². The molecule has 1 aromatic carbocycles. The van der Waals surface area contributed by atoms with Crippen molar-refractivity contribution in [2.24, 2.45) is 23.3 Å². The normalized spacial score (nSPS) is 14.4. The Balaban J connectivity index is 2.11. The Hall–Kier alpha value is -4.06. The predicted octanol–water partition coefficient (Wildman–Crippen LogP) is 0.568. The van der Waals surface area contributed by atoms with E-state index in [-0.39, 0.29) is 50.0 Å². The van der Waals surface area contributed by atoms with E-state index in [4.69, 9.17) is 11.5 Å². The number of benzene rings is 1. The van der Waals surface area contributed by atoms with Gasteiger partial charge in [0.1, 0.15) is 0 Å². The van der Waals surface area contributed by atoms with Crippen molar-refractivity contribution in [3.8, 4) is 0 Å². The number of rotatable bonds is 14. The van der Waals surface area contributed by atoms with Gasteiger partial charge in [0.2, 0.25) is 11.8 Å². The first kappa shape index (κ1) is 29.2. The van der Waals surface area contributed by atoms with Crippen molar-refractivity contribution in [3.63, 3.8) is 0 Å². The number of anilines is 2. The second-order valence-corrected chi connectivity index (χ2v) is 9.01. The topological polar surface area (TPSA) is 194 Å². The molecule has 6 amide bonds. The zero-order valence-corrected chi connectivity index (χ0v) is 21.0. The Labute approximate surface area is 215 Å². The summed E-state index contributed by atoms with van der Waals surface area (Å²) >= 11 is 0. The van der Waals surface area contributed by atoms with Gasteiger partial charge < -0.3 is 27.4 Å². The molecular formula is C25H34N6O6. The predicted molar refractivity (Wildman–Crippen MR) is 137 cm³/mol. The van der Waals surface area contributed by atoms with Crippen LogP contribution in [0.5, 0.6) is 0 Å². The fourth-order valence-corrected chi connectivity index (χ4v) is 3.84. The van der Waals surface area contributed by atoms with Crippen LogP contribution in [0, 0.1) is 11.8 Å². The molecule has 1 heterocycles. The molecule has 1 aliphatic rings. The van der Waals surface area contributed by atoms with Crippen LogP contribution in [-0.2, 0) is 24.0 Å². The minimum atomic E-state index is -0.776. The van der Waals surface area contributed by atoms with Gasteiger partial charge in [0.25, 0.3) is 11.8 Å². The number of nitrogens with one attached hydrogen (secondary N) is 3. The highest BCUT2D eigenvalue weighted by Gasteiger charge is 2.29. The highest BCUT2D eigenvalue weighted by molar-refractivity contribution is 6.28. The lowest BCUT2D eigenvalue weighted by atomic mass is 9.89. The molecule has 37 heavy (non-hydrogen) atoms. The summed E-state index contributed by atoms with van der Waals surface area (Å²) in [6.07, 6.45) is 2.98. The summed E-state index contributed by atoms with van der Waals surface area (Å²) in [5, 5.41) is 7.90. The minimum Gasteiger partial charge on any atom is -0.352 e. The SMILES string of the molecule is CC(C)[C@H](NC(=O)CCN)C(=O)C[C@@H](CCCNC(N)=O)C(=O)Nc1ccc(N2C(=O)C=CC2=O)cc1. The lowest BCUT2D eigenvalue weighted by molar-refractivity contribution is -0.131. The van der Waals surface area contributed by atoms with E-state index in [0.29, 0.717) is 17.8 Å². The second kappa shape index (κ2) is 13.9. The zero-order chi connectivity index (χ0) is 27.5. The number of nitrogens with zero attached hydrogens (tertiary/aromatic N) is 1. The molecule has 200 valence electrons. The summed E-state index contributed by atoms with van der Waals surface area (Å²) in [6.45, 7) is 3.97. The van der Waals surface area contributed by atoms with Crippen LogP contribution >= 0.6 is 0 Å². The number of nitrogens with two attached hydrogens (primary N) is 2. The number of ketones is 1. The third-order valence-corrected chi connectivity index (χ3v) is 5.75. The molecule has 0 radical (unpaired) electrons. The van der Waals surface area contributed by atoms with Crippen LogP contribution in [0.1, 0.15) is 39.5 Å². The number of carbonyl (C=O) groups excluding carboxylic acids is 6. The van der Waals surface area contributed by atoms with Gasteiger partial charge in [0.15, 0.2) is 5.78 Å². The van der Waals surface area contributed by atoms with E-state index < -0.39 is 35.7 Å². The van der Waals surface area contributed by atoms with Gasteiger partial charge in [-0.1, -0.05) is 13.8 Å². The Morgan fingerprint density at radius 2 is 1.62 bits per heavy atom. The van der Waals surface area contributed by atoms with Gasteiger partial charge in [-0.2, -0.15) is 0 Å². The molecule has 0 aromatic heterocycles. The molecule has 1 aliphatic heterocycles. The largest absolute Gasteiger partial charge is 0.352 e. The lowest BCUT2D eigenvalue weighted by Gasteiger charge is -2.24. The smallest absolute Gasteiger partial charge is 0.312 e. The fourth-order valence-electron chi connectivity index (χ4n) is 3.84. The van der Waals surface area contributed by atoms with Crippen LogP contribution in [0.4, 0.5) is 16.2 Å². The number of primary amides is 1. The molecule has 0 fully saturated rings. The Morgan fingerprint density at radius 3 is 2.16 bits per heavy atom. The van der Waals surface area contributed by atoms with E-state index in [0.717, 1.165) is 4.90 Å². The van der Waals surface area contributed by atoms with Crippen molar-refractivity contribution < 1.29 is 28.8 Å². The first-order valence-electron chi connectivity index (χ1n) is 12.1. The van der Waals surface area contributed by atoms with Crippen molar-refractivity contribution in [2.45, 2.75) is 45.6 Å².